The first kappa shape index (κ1) is 16.0. The minimum Gasteiger partial charge on any atom is -0.452 e. The van der Waals surface area contributed by atoms with E-state index < -0.39 is 15.6 Å². The first-order chi connectivity index (χ1) is 9.36. The molecule has 2 N–H and O–H groups in total. The molecule has 1 aliphatic heterocycles. The molecule has 1 fully saturated rings. The second-order valence-electron chi connectivity index (χ2n) is 5.16. The molecule has 1 saturated heterocycles. The first-order valence-corrected chi connectivity index (χ1v) is 8.68. The van der Waals surface area contributed by atoms with E-state index in [4.69, 9.17) is 9.15 Å². The van der Waals surface area contributed by atoms with Crippen LogP contribution in [0.25, 0.3) is 0 Å². The molecule has 0 atom stereocenters. The lowest BCUT2D eigenvalue weighted by atomic mass is 9.94. The van der Waals surface area contributed by atoms with Gasteiger partial charge in [-0.05, 0) is 42.7 Å². The van der Waals surface area contributed by atoms with E-state index in [0.29, 0.717) is 38.4 Å². The number of hydrogen-bond acceptors (Lipinski definition) is 5. The molecule has 114 valence electrons. The van der Waals surface area contributed by atoms with E-state index in [2.05, 4.69) is 26.0 Å². The van der Waals surface area contributed by atoms with Gasteiger partial charge in [-0.3, -0.25) is 0 Å². The van der Waals surface area contributed by atoms with Gasteiger partial charge in [0.05, 0.1) is 6.54 Å². The molecule has 0 aliphatic carbocycles. The van der Waals surface area contributed by atoms with Gasteiger partial charge in [0.1, 0.15) is 10.7 Å². The zero-order chi connectivity index (χ0) is 14.8. The third-order valence-electron chi connectivity index (χ3n) is 3.32. The molecular weight excluding hydrogens is 348 g/mol. The van der Waals surface area contributed by atoms with Crippen LogP contribution in [0.4, 0.5) is 0 Å². The van der Waals surface area contributed by atoms with Crippen molar-refractivity contribution in [2.45, 2.75) is 36.7 Å². The van der Waals surface area contributed by atoms with E-state index in [1.165, 1.54) is 6.07 Å². The average molecular weight is 367 g/mol. The van der Waals surface area contributed by atoms with Crippen molar-refractivity contribution in [2.24, 2.45) is 0 Å². The number of hydrogen-bond donors (Lipinski definition) is 2. The molecule has 0 unspecified atom stereocenters. The van der Waals surface area contributed by atoms with Crippen molar-refractivity contribution in [3.8, 4) is 0 Å². The fourth-order valence-electron chi connectivity index (χ4n) is 2.15. The van der Waals surface area contributed by atoms with Crippen LogP contribution in [0.1, 0.15) is 25.5 Å². The Hall–Kier alpha value is -0.410. The molecule has 0 saturated carbocycles. The van der Waals surface area contributed by atoms with Crippen LogP contribution in [-0.4, -0.2) is 34.2 Å². The van der Waals surface area contributed by atoms with E-state index in [0.717, 1.165) is 0 Å². The summed E-state index contributed by atoms with van der Waals surface area (Å²) in [4.78, 5) is 0.135. The number of furan rings is 1. The van der Waals surface area contributed by atoms with Crippen LogP contribution >= 0.6 is 15.9 Å². The maximum atomic E-state index is 12.5. The van der Waals surface area contributed by atoms with Gasteiger partial charge in [0.15, 0.2) is 4.67 Å². The molecule has 1 aromatic rings. The maximum absolute atomic E-state index is 12.5. The van der Waals surface area contributed by atoms with E-state index >= 15 is 0 Å². The SMILES string of the molecule is CNCc1cc(S(=O)(=O)NC2(C)CCOCC2)c(Br)o1. The molecule has 0 amide bonds. The van der Waals surface area contributed by atoms with Crippen LogP contribution in [-0.2, 0) is 21.3 Å². The zero-order valence-electron chi connectivity index (χ0n) is 11.5. The van der Waals surface area contributed by atoms with Crippen molar-refractivity contribution in [3.63, 3.8) is 0 Å². The molecule has 6 nitrogen and oxygen atoms in total. The molecule has 8 heteroatoms. The van der Waals surface area contributed by atoms with E-state index in [1.54, 1.807) is 7.05 Å². The predicted molar refractivity (Wildman–Crippen MR) is 78.0 cm³/mol. The van der Waals surface area contributed by atoms with Crippen LogP contribution in [0, 0.1) is 0 Å². The highest BCUT2D eigenvalue weighted by Gasteiger charge is 2.34. The number of sulfonamides is 1. The normalized spacial score (nSPS) is 19.1. The number of ether oxygens (including phenoxy) is 1. The van der Waals surface area contributed by atoms with Crippen LogP contribution in [0.3, 0.4) is 0 Å². The molecule has 0 bridgehead atoms. The van der Waals surface area contributed by atoms with Gasteiger partial charge in [-0.15, -0.1) is 0 Å². The van der Waals surface area contributed by atoms with Crippen LogP contribution < -0.4 is 10.0 Å². The van der Waals surface area contributed by atoms with E-state index in [1.807, 2.05) is 6.92 Å². The molecular formula is C12H19BrN2O4S. The van der Waals surface area contributed by atoms with Crippen molar-refractivity contribution in [1.82, 2.24) is 10.0 Å². The lowest BCUT2D eigenvalue weighted by Gasteiger charge is -2.33. The molecule has 0 spiro atoms. The van der Waals surface area contributed by atoms with Gasteiger partial charge in [-0.25, -0.2) is 13.1 Å². The summed E-state index contributed by atoms with van der Waals surface area (Å²) in [5, 5.41) is 2.92. The summed E-state index contributed by atoms with van der Waals surface area (Å²) in [6.07, 6.45) is 1.32. The highest BCUT2D eigenvalue weighted by atomic mass is 79.9. The number of halogens is 1. The molecule has 0 radical (unpaired) electrons. The Kier molecular flexibility index (Phi) is 4.91. The van der Waals surface area contributed by atoms with Gasteiger partial charge in [-0.1, -0.05) is 0 Å². The summed E-state index contributed by atoms with van der Waals surface area (Å²) >= 11 is 3.17. The van der Waals surface area contributed by atoms with Gasteiger partial charge in [0.25, 0.3) is 0 Å². The topological polar surface area (TPSA) is 80.6 Å². The number of rotatable bonds is 5. The molecule has 0 aromatic carbocycles. The molecule has 20 heavy (non-hydrogen) atoms. The van der Waals surface area contributed by atoms with Gasteiger partial charge in [0, 0.05) is 24.8 Å². The van der Waals surface area contributed by atoms with Crippen molar-refractivity contribution in [2.75, 3.05) is 20.3 Å². The Balaban J connectivity index is 2.21. The van der Waals surface area contributed by atoms with Crippen molar-refractivity contribution < 1.29 is 17.6 Å². The standard InChI is InChI=1S/C12H19BrN2O4S/c1-12(3-5-18-6-4-12)15-20(16,17)10-7-9(8-14-2)19-11(10)13/h7,14-15H,3-6,8H2,1-2H3. The minimum absolute atomic E-state index is 0.135. The first-order valence-electron chi connectivity index (χ1n) is 6.41. The van der Waals surface area contributed by atoms with Gasteiger partial charge >= 0.3 is 0 Å². The molecule has 2 heterocycles. The van der Waals surface area contributed by atoms with Gasteiger partial charge in [0.2, 0.25) is 10.0 Å². The fraction of sp³-hybridized carbons (Fsp3) is 0.667. The second-order valence-corrected chi connectivity index (χ2v) is 7.53. The smallest absolute Gasteiger partial charge is 0.245 e. The highest BCUT2D eigenvalue weighted by Crippen LogP contribution is 2.29. The Morgan fingerprint density at radius 3 is 2.65 bits per heavy atom. The highest BCUT2D eigenvalue weighted by molar-refractivity contribution is 9.10. The van der Waals surface area contributed by atoms with Crippen molar-refractivity contribution in [3.05, 3.63) is 16.5 Å². The van der Waals surface area contributed by atoms with Gasteiger partial charge < -0.3 is 14.5 Å². The maximum Gasteiger partial charge on any atom is 0.245 e. The summed E-state index contributed by atoms with van der Waals surface area (Å²) in [5.41, 5.74) is -0.475. The summed E-state index contributed by atoms with van der Waals surface area (Å²) in [6, 6.07) is 1.53. The van der Waals surface area contributed by atoms with Crippen molar-refractivity contribution >= 4 is 26.0 Å². The minimum atomic E-state index is -3.62. The zero-order valence-corrected chi connectivity index (χ0v) is 13.9. The lowest BCUT2D eigenvalue weighted by Crippen LogP contribution is -2.49. The van der Waals surface area contributed by atoms with E-state index in [9.17, 15) is 8.42 Å². The summed E-state index contributed by atoms with van der Waals surface area (Å²) in [7, 11) is -1.85. The third-order valence-corrected chi connectivity index (χ3v) is 5.82. The monoisotopic (exact) mass is 366 g/mol. The summed E-state index contributed by atoms with van der Waals surface area (Å²) in [5.74, 6) is 0.567. The Bertz CT molecular complexity index is 564. The summed E-state index contributed by atoms with van der Waals surface area (Å²) < 4.78 is 38.6. The molecule has 1 aliphatic rings. The molecule has 2 rings (SSSR count). The fourth-order valence-corrected chi connectivity index (χ4v) is 4.61. The average Bonchev–Trinajstić information content (AvgIpc) is 2.71. The largest absolute Gasteiger partial charge is 0.452 e. The lowest BCUT2D eigenvalue weighted by molar-refractivity contribution is 0.0537. The van der Waals surface area contributed by atoms with Crippen molar-refractivity contribution in [1.29, 1.82) is 0 Å². The van der Waals surface area contributed by atoms with Gasteiger partial charge in [-0.2, -0.15) is 0 Å². The molecule has 1 aromatic heterocycles. The second kappa shape index (κ2) is 6.15. The number of nitrogens with one attached hydrogen (secondary N) is 2. The van der Waals surface area contributed by atoms with Crippen LogP contribution in [0.2, 0.25) is 0 Å². The van der Waals surface area contributed by atoms with Crippen LogP contribution in [0.15, 0.2) is 20.0 Å². The Morgan fingerprint density at radius 2 is 2.05 bits per heavy atom. The quantitative estimate of drug-likeness (QED) is 0.827. The van der Waals surface area contributed by atoms with E-state index in [-0.39, 0.29) is 9.56 Å². The third kappa shape index (κ3) is 3.62. The Labute approximate surface area is 127 Å². The predicted octanol–water partition coefficient (Wildman–Crippen LogP) is 1.61. The summed E-state index contributed by atoms with van der Waals surface area (Å²) in [6.45, 7) is 3.50. The Morgan fingerprint density at radius 1 is 1.40 bits per heavy atom. The van der Waals surface area contributed by atoms with Crippen LogP contribution in [0.5, 0.6) is 0 Å².